The van der Waals surface area contributed by atoms with Crippen molar-refractivity contribution >= 4 is 10.8 Å². The molecular weight excluding hydrogens is 170 g/mol. The third-order valence-corrected chi connectivity index (χ3v) is 3.30. The van der Waals surface area contributed by atoms with Crippen molar-refractivity contribution in [3.8, 4) is 0 Å². The Hall–Kier alpha value is 0.110. The minimum Gasteiger partial charge on any atom is -0.313 e. The molecule has 2 atom stereocenters. The van der Waals surface area contributed by atoms with Gasteiger partial charge in [0.2, 0.25) is 0 Å². The van der Waals surface area contributed by atoms with E-state index in [0.717, 1.165) is 30.9 Å². The molecule has 0 fully saturated rings. The van der Waals surface area contributed by atoms with Gasteiger partial charge in [0.25, 0.3) is 0 Å². The van der Waals surface area contributed by atoms with Gasteiger partial charge >= 0.3 is 0 Å². The second-order valence-corrected chi connectivity index (χ2v) is 4.74. The third kappa shape index (κ3) is 5.72. The normalized spacial score (nSPS) is 15.9. The van der Waals surface area contributed by atoms with Crippen LogP contribution in [0.25, 0.3) is 0 Å². The second kappa shape index (κ2) is 7.74. The number of hydrogen-bond donors (Lipinski definition) is 1. The lowest BCUT2D eigenvalue weighted by Gasteiger charge is -2.15. The fraction of sp³-hybridized carbons (Fsp3) is 1.00. The molecule has 0 rings (SSSR count). The van der Waals surface area contributed by atoms with Crippen molar-refractivity contribution in [1.29, 1.82) is 0 Å². The zero-order valence-corrected chi connectivity index (χ0v) is 9.25. The van der Waals surface area contributed by atoms with Crippen molar-refractivity contribution in [2.24, 2.45) is 0 Å². The SMILES string of the molecule is CCCNC(CC)CS(=O)CC. The van der Waals surface area contributed by atoms with E-state index in [1.807, 2.05) is 6.92 Å². The van der Waals surface area contributed by atoms with E-state index in [1.165, 1.54) is 0 Å². The van der Waals surface area contributed by atoms with Gasteiger partial charge < -0.3 is 5.32 Å². The summed E-state index contributed by atoms with van der Waals surface area (Å²) >= 11 is 0. The molecule has 0 saturated carbocycles. The summed E-state index contributed by atoms with van der Waals surface area (Å²) in [7, 11) is -0.623. The van der Waals surface area contributed by atoms with Gasteiger partial charge in [-0.15, -0.1) is 0 Å². The molecule has 12 heavy (non-hydrogen) atoms. The molecule has 0 bridgehead atoms. The minimum absolute atomic E-state index is 0.450. The highest BCUT2D eigenvalue weighted by Gasteiger charge is 2.07. The topological polar surface area (TPSA) is 29.1 Å². The predicted molar refractivity (Wildman–Crippen MR) is 55.9 cm³/mol. The van der Waals surface area contributed by atoms with E-state index in [4.69, 9.17) is 0 Å². The summed E-state index contributed by atoms with van der Waals surface area (Å²) in [6, 6.07) is 0.450. The average Bonchev–Trinajstić information content (AvgIpc) is 2.11. The zero-order chi connectivity index (χ0) is 9.40. The van der Waals surface area contributed by atoms with E-state index in [2.05, 4.69) is 19.2 Å². The fourth-order valence-corrected chi connectivity index (χ4v) is 2.05. The Labute approximate surface area is 78.6 Å². The summed E-state index contributed by atoms with van der Waals surface area (Å²) in [5.74, 6) is 1.59. The quantitative estimate of drug-likeness (QED) is 0.661. The molecular formula is C9H21NOS. The average molecular weight is 191 g/mol. The van der Waals surface area contributed by atoms with E-state index in [1.54, 1.807) is 0 Å². The number of nitrogens with one attached hydrogen (secondary N) is 1. The molecule has 74 valence electrons. The molecule has 0 radical (unpaired) electrons. The van der Waals surface area contributed by atoms with Crippen molar-refractivity contribution in [1.82, 2.24) is 5.32 Å². The van der Waals surface area contributed by atoms with Crippen molar-refractivity contribution in [2.45, 2.75) is 39.7 Å². The molecule has 0 aromatic rings. The Balaban J connectivity index is 3.59. The predicted octanol–water partition coefficient (Wildman–Crippen LogP) is 1.53. The first-order chi connectivity index (χ1) is 5.74. The van der Waals surface area contributed by atoms with E-state index >= 15 is 0 Å². The van der Waals surface area contributed by atoms with Gasteiger partial charge in [0.1, 0.15) is 0 Å². The Bertz CT molecular complexity index is 128. The summed E-state index contributed by atoms with van der Waals surface area (Å²) in [5.41, 5.74) is 0. The van der Waals surface area contributed by atoms with Gasteiger partial charge in [-0.05, 0) is 19.4 Å². The summed E-state index contributed by atoms with van der Waals surface area (Å²) in [6.07, 6.45) is 2.22. The molecule has 2 nitrogen and oxygen atoms in total. The molecule has 3 heteroatoms. The molecule has 0 spiro atoms. The van der Waals surface area contributed by atoms with Crippen LogP contribution in [0.3, 0.4) is 0 Å². The second-order valence-electron chi connectivity index (χ2n) is 2.95. The van der Waals surface area contributed by atoms with Crippen LogP contribution in [0.4, 0.5) is 0 Å². The van der Waals surface area contributed by atoms with Crippen molar-refractivity contribution in [2.75, 3.05) is 18.1 Å². The van der Waals surface area contributed by atoms with Crippen LogP contribution in [0.1, 0.15) is 33.6 Å². The molecule has 0 heterocycles. The van der Waals surface area contributed by atoms with E-state index in [0.29, 0.717) is 6.04 Å². The van der Waals surface area contributed by atoms with Crippen LogP contribution < -0.4 is 5.32 Å². The first kappa shape index (κ1) is 12.1. The van der Waals surface area contributed by atoms with Gasteiger partial charge in [0, 0.05) is 28.3 Å². The van der Waals surface area contributed by atoms with Gasteiger partial charge in [-0.3, -0.25) is 4.21 Å². The monoisotopic (exact) mass is 191 g/mol. The maximum Gasteiger partial charge on any atom is 0.0388 e. The lowest BCUT2D eigenvalue weighted by Crippen LogP contribution is -2.34. The van der Waals surface area contributed by atoms with Crippen molar-refractivity contribution in [3.05, 3.63) is 0 Å². The Morgan fingerprint density at radius 1 is 1.33 bits per heavy atom. The number of rotatable bonds is 7. The Morgan fingerprint density at radius 2 is 2.00 bits per heavy atom. The van der Waals surface area contributed by atoms with E-state index < -0.39 is 10.8 Å². The smallest absolute Gasteiger partial charge is 0.0388 e. The molecule has 0 aromatic carbocycles. The minimum atomic E-state index is -0.623. The van der Waals surface area contributed by atoms with Gasteiger partial charge in [0.15, 0.2) is 0 Å². The summed E-state index contributed by atoms with van der Waals surface area (Å²) in [4.78, 5) is 0. The lowest BCUT2D eigenvalue weighted by atomic mass is 10.2. The van der Waals surface area contributed by atoms with Crippen molar-refractivity contribution < 1.29 is 4.21 Å². The first-order valence-electron chi connectivity index (χ1n) is 4.82. The van der Waals surface area contributed by atoms with Crippen LogP contribution in [0.15, 0.2) is 0 Å². The summed E-state index contributed by atoms with van der Waals surface area (Å²) in [5, 5.41) is 3.39. The molecule has 0 amide bonds. The van der Waals surface area contributed by atoms with Gasteiger partial charge in [-0.25, -0.2) is 0 Å². The maximum atomic E-state index is 11.2. The maximum absolute atomic E-state index is 11.2. The molecule has 0 aliphatic rings. The Kier molecular flexibility index (Phi) is 7.81. The standard InChI is InChI=1S/C9H21NOS/c1-4-7-10-9(5-2)8-12(11)6-3/h9-10H,4-8H2,1-3H3. The highest BCUT2D eigenvalue weighted by molar-refractivity contribution is 7.84. The van der Waals surface area contributed by atoms with Crippen LogP contribution in [-0.4, -0.2) is 28.3 Å². The van der Waals surface area contributed by atoms with Gasteiger partial charge in [-0.1, -0.05) is 20.8 Å². The zero-order valence-electron chi connectivity index (χ0n) is 8.43. The fourth-order valence-electron chi connectivity index (χ4n) is 1.01. The largest absolute Gasteiger partial charge is 0.313 e. The van der Waals surface area contributed by atoms with Crippen LogP contribution in [-0.2, 0) is 10.8 Å². The molecule has 0 aliphatic heterocycles. The van der Waals surface area contributed by atoms with E-state index in [9.17, 15) is 4.21 Å². The molecule has 2 unspecified atom stereocenters. The van der Waals surface area contributed by atoms with E-state index in [-0.39, 0.29) is 0 Å². The summed E-state index contributed by atoms with van der Waals surface area (Å²) < 4.78 is 11.2. The molecule has 0 aliphatic carbocycles. The van der Waals surface area contributed by atoms with Crippen LogP contribution in [0.2, 0.25) is 0 Å². The molecule has 0 aromatic heterocycles. The highest BCUT2D eigenvalue weighted by atomic mass is 32.2. The number of hydrogen-bond acceptors (Lipinski definition) is 2. The highest BCUT2D eigenvalue weighted by Crippen LogP contribution is 1.95. The van der Waals surface area contributed by atoms with Crippen LogP contribution in [0, 0.1) is 0 Å². The van der Waals surface area contributed by atoms with Crippen LogP contribution >= 0.6 is 0 Å². The lowest BCUT2D eigenvalue weighted by molar-refractivity contribution is 0.534. The van der Waals surface area contributed by atoms with Gasteiger partial charge in [0.05, 0.1) is 0 Å². The van der Waals surface area contributed by atoms with Crippen molar-refractivity contribution in [3.63, 3.8) is 0 Å². The third-order valence-electron chi connectivity index (χ3n) is 1.88. The summed E-state index contributed by atoms with van der Waals surface area (Å²) in [6.45, 7) is 7.30. The van der Waals surface area contributed by atoms with Gasteiger partial charge in [-0.2, -0.15) is 0 Å². The molecule has 1 N–H and O–H groups in total. The Morgan fingerprint density at radius 3 is 2.42 bits per heavy atom. The van der Waals surface area contributed by atoms with Crippen LogP contribution in [0.5, 0.6) is 0 Å². The molecule has 0 saturated heterocycles. The first-order valence-corrected chi connectivity index (χ1v) is 6.31.